The van der Waals surface area contributed by atoms with Crippen molar-refractivity contribution in [3.8, 4) is 0 Å². The first-order valence-corrected chi connectivity index (χ1v) is 3.69. The topological polar surface area (TPSA) is 20.2 Å². The van der Waals surface area contributed by atoms with Crippen LogP contribution in [0.2, 0.25) is 0 Å². The van der Waals surface area contributed by atoms with Gasteiger partial charge in [0.1, 0.15) is 0 Å². The van der Waals surface area contributed by atoms with E-state index < -0.39 is 0 Å². The largest absolute Gasteiger partial charge is 0.393 e. The molecule has 0 aromatic heterocycles. The molecule has 52 valence electrons. The van der Waals surface area contributed by atoms with Crippen LogP contribution in [0, 0.1) is 0 Å². The summed E-state index contributed by atoms with van der Waals surface area (Å²) in [6.45, 7) is 2.01. The molecule has 0 heterocycles. The van der Waals surface area contributed by atoms with Crippen LogP contribution in [-0.4, -0.2) is 11.2 Å². The molecule has 0 saturated heterocycles. The van der Waals surface area contributed by atoms with Crippen LogP contribution in [0.25, 0.3) is 0 Å². The van der Waals surface area contributed by atoms with E-state index in [2.05, 4.69) is 6.08 Å². The maximum Gasteiger partial charge on any atom is 0.0572 e. The first-order chi connectivity index (χ1) is 4.33. The van der Waals surface area contributed by atoms with Gasteiger partial charge in [-0.25, -0.2) is 0 Å². The fraction of sp³-hybridized carbons (Fsp3) is 0.750. The summed E-state index contributed by atoms with van der Waals surface area (Å²) in [5.74, 6) is 0. The molecule has 0 amide bonds. The summed E-state index contributed by atoms with van der Waals surface area (Å²) >= 11 is 0. The Labute approximate surface area is 56.4 Å². The molecule has 1 atom stereocenters. The first-order valence-electron chi connectivity index (χ1n) is 3.69. The molecule has 0 radical (unpaired) electrons. The molecular formula is C8H14O. The van der Waals surface area contributed by atoms with Crippen LogP contribution >= 0.6 is 0 Å². The van der Waals surface area contributed by atoms with Crippen molar-refractivity contribution in [1.29, 1.82) is 0 Å². The maximum absolute atomic E-state index is 9.09. The van der Waals surface area contributed by atoms with E-state index in [4.69, 9.17) is 5.11 Å². The summed E-state index contributed by atoms with van der Waals surface area (Å²) < 4.78 is 0. The van der Waals surface area contributed by atoms with E-state index in [1.807, 2.05) is 6.92 Å². The molecule has 0 aromatic rings. The molecule has 1 unspecified atom stereocenters. The van der Waals surface area contributed by atoms with Crippen LogP contribution in [0.4, 0.5) is 0 Å². The van der Waals surface area contributed by atoms with Crippen LogP contribution < -0.4 is 0 Å². The predicted molar refractivity (Wildman–Crippen MR) is 38.2 cm³/mol. The third-order valence-corrected chi connectivity index (χ3v) is 1.69. The Kier molecular flexibility index (Phi) is 2.29. The lowest BCUT2D eigenvalue weighted by atomic mass is 10.2. The van der Waals surface area contributed by atoms with Gasteiger partial charge in [0.2, 0.25) is 0 Å². The van der Waals surface area contributed by atoms with Crippen LogP contribution in [0.1, 0.15) is 32.6 Å². The van der Waals surface area contributed by atoms with E-state index in [0.717, 1.165) is 12.8 Å². The molecule has 1 saturated carbocycles. The summed E-state index contributed by atoms with van der Waals surface area (Å²) in [6.07, 6.45) is 6.37. The van der Waals surface area contributed by atoms with Crippen molar-refractivity contribution in [2.24, 2.45) is 0 Å². The van der Waals surface area contributed by atoms with E-state index in [0.29, 0.717) is 0 Å². The highest BCUT2D eigenvalue weighted by Crippen LogP contribution is 2.28. The Morgan fingerprint density at radius 3 is 2.78 bits per heavy atom. The minimum atomic E-state index is -0.0990. The van der Waals surface area contributed by atoms with Gasteiger partial charge >= 0.3 is 0 Å². The van der Waals surface area contributed by atoms with Crippen molar-refractivity contribution in [2.75, 3.05) is 0 Å². The summed E-state index contributed by atoms with van der Waals surface area (Å²) in [5.41, 5.74) is 1.53. The summed E-state index contributed by atoms with van der Waals surface area (Å²) in [6, 6.07) is 0. The Bertz CT molecular complexity index is 110. The Hall–Kier alpha value is -0.300. The Balaban J connectivity index is 2.09. The molecule has 1 heteroatoms. The zero-order chi connectivity index (χ0) is 6.69. The lowest BCUT2D eigenvalue weighted by Crippen LogP contribution is -2.00. The van der Waals surface area contributed by atoms with Gasteiger partial charge in [-0.1, -0.05) is 18.6 Å². The Morgan fingerprint density at radius 2 is 2.33 bits per heavy atom. The highest BCUT2D eigenvalue weighted by molar-refractivity contribution is 5.16. The second-order valence-electron chi connectivity index (χ2n) is 2.66. The van der Waals surface area contributed by atoms with Crippen molar-refractivity contribution in [2.45, 2.75) is 38.7 Å². The lowest BCUT2D eigenvalue weighted by Gasteiger charge is -2.00. The molecule has 1 N–H and O–H groups in total. The Morgan fingerprint density at radius 1 is 1.67 bits per heavy atom. The van der Waals surface area contributed by atoms with Crippen molar-refractivity contribution >= 4 is 0 Å². The third-order valence-electron chi connectivity index (χ3n) is 1.69. The maximum atomic E-state index is 9.09. The van der Waals surface area contributed by atoms with E-state index >= 15 is 0 Å². The number of hydrogen-bond acceptors (Lipinski definition) is 1. The second kappa shape index (κ2) is 3.02. The molecule has 1 aliphatic carbocycles. The molecule has 1 rings (SSSR count). The number of hydrogen-bond donors (Lipinski definition) is 1. The van der Waals surface area contributed by atoms with Gasteiger partial charge in [0, 0.05) is 0 Å². The SMILES string of the molecule is CCC(O)CC=C1CC1. The van der Waals surface area contributed by atoms with Crippen molar-refractivity contribution < 1.29 is 5.11 Å². The molecular weight excluding hydrogens is 112 g/mol. The first kappa shape index (κ1) is 6.81. The molecule has 1 fully saturated rings. The van der Waals surface area contributed by atoms with E-state index in [1.165, 1.54) is 18.4 Å². The quantitative estimate of drug-likeness (QED) is 0.572. The van der Waals surface area contributed by atoms with Crippen molar-refractivity contribution in [3.63, 3.8) is 0 Å². The van der Waals surface area contributed by atoms with Gasteiger partial charge in [-0.2, -0.15) is 0 Å². The van der Waals surface area contributed by atoms with Gasteiger partial charge in [-0.15, -0.1) is 0 Å². The molecule has 1 aliphatic rings. The lowest BCUT2D eigenvalue weighted by molar-refractivity contribution is 0.173. The number of rotatable bonds is 3. The van der Waals surface area contributed by atoms with Crippen LogP contribution in [0.3, 0.4) is 0 Å². The van der Waals surface area contributed by atoms with Crippen LogP contribution in [-0.2, 0) is 0 Å². The average Bonchev–Trinajstić information content (AvgIpc) is 2.65. The predicted octanol–water partition coefficient (Wildman–Crippen LogP) is 1.87. The zero-order valence-corrected chi connectivity index (χ0v) is 5.93. The summed E-state index contributed by atoms with van der Waals surface area (Å²) in [5, 5.41) is 9.09. The molecule has 0 aliphatic heterocycles. The third kappa shape index (κ3) is 2.66. The smallest absolute Gasteiger partial charge is 0.0572 e. The minimum Gasteiger partial charge on any atom is -0.393 e. The van der Waals surface area contributed by atoms with Crippen LogP contribution in [0.5, 0.6) is 0 Å². The average molecular weight is 126 g/mol. The molecule has 0 bridgehead atoms. The minimum absolute atomic E-state index is 0.0990. The fourth-order valence-corrected chi connectivity index (χ4v) is 0.746. The normalized spacial score (nSPS) is 19.6. The van der Waals surface area contributed by atoms with Crippen molar-refractivity contribution in [3.05, 3.63) is 11.6 Å². The molecule has 0 spiro atoms. The fourth-order valence-electron chi connectivity index (χ4n) is 0.746. The monoisotopic (exact) mass is 126 g/mol. The van der Waals surface area contributed by atoms with Gasteiger partial charge in [0.25, 0.3) is 0 Å². The second-order valence-corrected chi connectivity index (χ2v) is 2.66. The van der Waals surface area contributed by atoms with Crippen molar-refractivity contribution in [1.82, 2.24) is 0 Å². The van der Waals surface area contributed by atoms with E-state index in [9.17, 15) is 0 Å². The zero-order valence-electron chi connectivity index (χ0n) is 5.93. The van der Waals surface area contributed by atoms with Gasteiger partial charge in [-0.3, -0.25) is 0 Å². The van der Waals surface area contributed by atoms with Gasteiger partial charge in [-0.05, 0) is 25.7 Å². The highest BCUT2D eigenvalue weighted by atomic mass is 16.3. The molecule has 9 heavy (non-hydrogen) atoms. The highest BCUT2D eigenvalue weighted by Gasteiger charge is 2.10. The molecule has 1 nitrogen and oxygen atoms in total. The standard InChI is InChI=1S/C8H14O/c1-2-8(9)6-5-7-3-4-7/h5,8-9H,2-4,6H2,1H3. The number of aliphatic hydroxyl groups excluding tert-OH is 1. The van der Waals surface area contributed by atoms with Crippen LogP contribution in [0.15, 0.2) is 11.6 Å². The summed E-state index contributed by atoms with van der Waals surface area (Å²) in [4.78, 5) is 0. The van der Waals surface area contributed by atoms with E-state index in [1.54, 1.807) is 0 Å². The number of allylic oxidation sites excluding steroid dienone is 1. The summed E-state index contributed by atoms with van der Waals surface area (Å²) in [7, 11) is 0. The van der Waals surface area contributed by atoms with Gasteiger partial charge in [0.15, 0.2) is 0 Å². The van der Waals surface area contributed by atoms with E-state index in [-0.39, 0.29) is 6.10 Å². The van der Waals surface area contributed by atoms with Gasteiger partial charge in [0.05, 0.1) is 6.10 Å². The molecule has 0 aromatic carbocycles. The van der Waals surface area contributed by atoms with Gasteiger partial charge < -0.3 is 5.11 Å². The number of aliphatic hydroxyl groups is 1.